The van der Waals surface area contributed by atoms with Crippen LogP contribution in [-0.4, -0.2) is 71.4 Å². The standard InChI is InChI=1S/C18H17N5O10S/c1-18(15(24)25,16(26)27)33-14-12(23(28)29)13(20-17(21-14)34(4,30)31)32-11-6-9(8-19)5-10(7-11)22(2)3/h5-7H,1-4H3,(H,24,25)(H,26,27). The Balaban J connectivity index is 2.83. The van der Waals surface area contributed by atoms with Crippen LogP contribution >= 0.6 is 0 Å². The SMILES string of the molecule is CN(C)c1cc(C#N)cc(Oc2nc(S(C)(=O)=O)nc(OC(C)(C(=O)O)C(=O)O)c2[N+](=O)[O-])c1. The number of aliphatic carboxylic acids is 2. The highest BCUT2D eigenvalue weighted by Gasteiger charge is 2.47. The molecule has 1 heterocycles. The number of ether oxygens (including phenoxy) is 2. The zero-order chi connectivity index (χ0) is 26.0. The van der Waals surface area contributed by atoms with Crippen LogP contribution in [0.4, 0.5) is 11.4 Å². The average molecular weight is 495 g/mol. The first-order valence-corrected chi connectivity index (χ1v) is 10.8. The van der Waals surface area contributed by atoms with Crippen LogP contribution in [0.1, 0.15) is 12.5 Å². The number of rotatable bonds is 9. The number of sulfone groups is 1. The summed E-state index contributed by atoms with van der Waals surface area (Å²) in [5.41, 5.74) is -3.80. The minimum Gasteiger partial charge on any atom is -0.478 e. The summed E-state index contributed by atoms with van der Waals surface area (Å²) in [6, 6.07) is 5.87. The number of benzene rings is 1. The van der Waals surface area contributed by atoms with E-state index >= 15 is 0 Å². The van der Waals surface area contributed by atoms with Crippen LogP contribution in [0, 0.1) is 21.4 Å². The number of nitriles is 1. The van der Waals surface area contributed by atoms with Gasteiger partial charge in [0.25, 0.3) is 10.8 Å². The molecule has 0 saturated heterocycles. The van der Waals surface area contributed by atoms with Gasteiger partial charge in [0.05, 0.1) is 16.6 Å². The van der Waals surface area contributed by atoms with Crippen LogP contribution in [0.25, 0.3) is 0 Å². The maximum Gasteiger partial charge on any atom is 0.392 e. The molecule has 1 aromatic heterocycles. The van der Waals surface area contributed by atoms with Gasteiger partial charge in [-0.05, 0) is 19.1 Å². The summed E-state index contributed by atoms with van der Waals surface area (Å²) >= 11 is 0. The van der Waals surface area contributed by atoms with E-state index < -0.39 is 54.9 Å². The first kappa shape index (κ1) is 25.7. The van der Waals surface area contributed by atoms with Crippen LogP contribution < -0.4 is 14.4 Å². The van der Waals surface area contributed by atoms with Gasteiger partial charge in [0.1, 0.15) is 5.75 Å². The van der Waals surface area contributed by atoms with Gasteiger partial charge in [0.15, 0.2) is 0 Å². The van der Waals surface area contributed by atoms with Crippen molar-refractivity contribution in [1.82, 2.24) is 9.97 Å². The Morgan fingerprint density at radius 3 is 2.18 bits per heavy atom. The molecule has 0 aliphatic carbocycles. The smallest absolute Gasteiger partial charge is 0.392 e. The molecule has 0 aliphatic rings. The Morgan fingerprint density at radius 2 is 1.74 bits per heavy atom. The highest BCUT2D eigenvalue weighted by Crippen LogP contribution is 2.39. The lowest BCUT2D eigenvalue weighted by Gasteiger charge is -2.21. The number of nitrogens with zero attached hydrogens (tertiary/aromatic N) is 5. The van der Waals surface area contributed by atoms with Gasteiger partial charge in [-0.3, -0.25) is 10.1 Å². The number of nitro groups is 1. The summed E-state index contributed by atoms with van der Waals surface area (Å²) in [7, 11) is -0.996. The predicted octanol–water partition coefficient (Wildman–Crippen LogP) is 0.825. The third-order valence-electron chi connectivity index (χ3n) is 4.18. The van der Waals surface area contributed by atoms with Gasteiger partial charge in [-0.2, -0.15) is 15.2 Å². The van der Waals surface area contributed by atoms with Crippen molar-refractivity contribution in [2.75, 3.05) is 25.3 Å². The van der Waals surface area contributed by atoms with E-state index in [4.69, 9.17) is 9.47 Å². The van der Waals surface area contributed by atoms with Crippen LogP contribution in [0.5, 0.6) is 17.5 Å². The number of aromatic nitrogens is 2. The second-order valence-electron chi connectivity index (χ2n) is 7.06. The van der Waals surface area contributed by atoms with Crippen molar-refractivity contribution in [2.24, 2.45) is 0 Å². The Hall–Kier alpha value is -4.52. The molecule has 2 rings (SSSR count). The monoisotopic (exact) mass is 495 g/mol. The first-order chi connectivity index (χ1) is 15.6. The predicted molar refractivity (Wildman–Crippen MR) is 112 cm³/mol. The lowest BCUT2D eigenvalue weighted by atomic mass is 10.1. The Bertz CT molecular complexity index is 1320. The molecule has 0 fully saturated rings. The second kappa shape index (κ2) is 9.15. The van der Waals surface area contributed by atoms with Gasteiger partial charge >= 0.3 is 29.4 Å². The van der Waals surface area contributed by atoms with Crippen LogP contribution in [0.15, 0.2) is 23.4 Å². The quantitative estimate of drug-likeness (QED) is 0.213. The van der Waals surface area contributed by atoms with Crippen molar-refractivity contribution in [2.45, 2.75) is 17.7 Å². The molecule has 0 bridgehead atoms. The van der Waals surface area contributed by atoms with Gasteiger partial charge in [0, 0.05) is 32.1 Å². The molecule has 15 nitrogen and oxygen atoms in total. The highest BCUT2D eigenvalue weighted by molar-refractivity contribution is 7.90. The number of hydrogen-bond acceptors (Lipinski definition) is 12. The molecule has 2 aromatic rings. The Kier molecular flexibility index (Phi) is 6.93. The topological polar surface area (TPSA) is 223 Å². The Morgan fingerprint density at radius 1 is 1.18 bits per heavy atom. The van der Waals surface area contributed by atoms with Crippen LogP contribution in [0.2, 0.25) is 0 Å². The molecule has 2 N–H and O–H groups in total. The zero-order valence-electron chi connectivity index (χ0n) is 18.0. The minimum absolute atomic E-state index is 0.0852. The van der Waals surface area contributed by atoms with E-state index in [1.165, 1.54) is 18.2 Å². The van der Waals surface area contributed by atoms with Crippen molar-refractivity contribution in [1.29, 1.82) is 5.26 Å². The lowest BCUT2D eigenvalue weighted by molar-refractivity contribution is -0.387. The minimum atomic E-state index is -4.27. The van der Waals surface area contributed by atoms with E-state index in [1.807, 2.05) is 6.07 Å². The fraction of sp³-hybridized carbons (Fsp3) is 0.278. The summed E-state index contributed by atoms with van der Waals surface area (Å²) in [6.07, 6.45) is 0.649. The number of anilines is 1. The van der Waals surface area contributed by atoms with Crippen LogP contribution in [0.3, 0.4) is 0 Å². The van der Waals surface area contributed by atoms with Gasteiger partial charge in [-0.15, -0.1) is 0 Å². The van der Waals surface area contributed by atoms with Gasteiger partial charge < -0.3 is 24.6 Å². The van der Waals surface area contributed by atoms with Crippen molar-refractivity contribution >= 4 is 33.2 Å². The van der Waals surface area contributed by atoms with E-state index in [9.17, 15) is 43.6 Å². The maximum absolute atomic E-state index is 12.1. The maximum atomic E-state index is 12.1. The molecule has 34 heavy (non-hydrogen) atoms. The largest absolute Gasteiger partial charge is 0.478 e. The number of carboxylic acids is 2. The van der Waals surface area contributed by atoms with Crippen molar-refractivity contribution in [3.8, 4) is 23.6 Å². The van der Waals surface area contributed by atoms with E-state index in [2.05, 4.69) is 9.97 Å². The van der Waals surface area contributed by atoms with Gasteiger partial charge in [-0.1, -0.05) is 0 Å². The molecule has 16 heteroatoms. The van der Waals surface area contributed by atoms with Crippen molar-refractivity contribution in [3.05, 3.63) is 33.9 Å². The van der Waals surface area contributed by atoms with Gasteiger partial charge in [-0.25, -0.2) is 18.0 Å². The molecule has 1 aromatic carbocycles. The Labute approximate surface area is 191 Å². The molecule has 0 atom stereocenters. The number of carboxylic acid groups (broad SMARTS) is 2. The summed E-state index contributed by atoms with van der Waals surface area (Å²) in [6.45, 7) is 0.573. The van der Waals surface area contributed by atoms with Crippen molar-refractivity contribution in [3.63, 3.8) is 0 Å². The number of hydrogen-bond donors (Lipinski definition) is 2. The third kappa shape index (κ3) is 5.27. The summed E-state index contributed by atoms with van der Waals surface area (Å²) in [5, 5.41) is 38.5. The normalized spacial score (nSPS) is 11.3. The fourth-order valence-corrected chi connectivity index (χ4v) is 2.81. The zero-order valence-corrected chi connectivity index (χ0v) is 18.9. The van der Waals surface area contributed by atoms with E-state index in [1.54, 1.807) is 19.0 Å². The van der Waals surface area contributed by atoms with Crippen molar-refractivity contribution < 1.29 is 42.6 Å². The molecule has 180 valence electrons. The summed E-state index contributed by atoms with van der Waals surface area (Å²) < 4.78 is 34.4. The highest BCUT2D eigenvalue weighted by atomic mass is 32.2. The van der Waals surface area contributed by atoms with E-state index in [0.717, 1.165) is 0 Å². The second-order valence-corrected chi connectivity index (χ2v) is 8.97. The van der Waals surface area contributed by atoms with E-state index in [0.29, 0.717) is 18.9 Å². The molecule has 0 aliphatic heterocycles. The molecule has 0 spiro atoms. The lowest BCUT2D eigenvalue weighted by Crippen LogP contribution is -2.49. The van der Waals surface area contributed by atoms with Crippen LogP contribution in [-0.2, 0) is 19.4 Å². The molecule has 0 saturated carbocycles. The van der Waals surface area contributed by atoms with E-state index in [-0.39, 0.29) is 11.3 Å². The molecular formula is C18H17N5O10S. The fourth-order valence-electron chi connectivity index (χ4n) is 2.31. The molecule has 0 amide bonds. The average Bonchev–Trinajstić information content (AvgIpc) is 2.71. The molecule has 0 radical (unpaired) electrons. The first-order valence-electron chi connectivity index (χ1n) is 8.92. The van der Waals surface area contributed by atoms with Gasteiger partial charge in [0.2, 0.25) is 9.84 Å². The molecule has 0 unspecified atom stereocenters. The summed E-state index contributed by atoms with van der Waals surface area (Å²) in [5.74, 6) is -6.53. The summed E-state index contributed by atoms with van der Waals surface area (Å²) in [4.78, 5) is 42.1. The third-order valence-corrected chi connectivity index (χ3v) is 5.03. The molecular weight excluding hydrogens is 478 g/mol. The number of carbonyl (C=O) groups is 2.